The van der Waals surface area contributed by atoms with Gasteiger partial charge in [0.2, 0.25) is 17.7 Å². The van der Waals surface area contributed by atoms with Crippen LogP contribution in [-0.4, -0.2) is 41.5 Å². The molecule has 1 saturated heterocycles. The summed E-state index contributed by atoms with van der Waals surface area (Å²) in [5.74, 6) is -0.709. The molecule has 3 amide bonds. The SMILES string of the molecule is CC(=O)CNC(=O)CCCN1C(=O)CC(C(C)C)C1=O. The van der Waals surface area contributed by atoms with E-state index in [-0.39, 0.29) is 61.3 Å². The van der Waals surface area contributed by atoms with E-state index in [1.54, 1.807) is 0 Å². The quantitative estimate of drug-likeness (QED) is 0.689. The van der Waals surface area contributed by atoms with E-state index in [9.17, 15) is 19.2 Å². The molecule has 1 aliphatic heterocycles. The number of nitrogens with zero attached hydrogens (tertiary/aromatic N) is 1. The van der Waals surface area contributed by atoms with Crippen molar-refractivity contribution in [2.24, 2.45) is 11.8 Å². The van der Waals surface area contributed by atoms with Gasteiger partial charge in [0, 0.05) is 25.3 Å². The number of Topliss-reactive ketones (excluding diaryl/α,β-unsaturated/α-hetero) is 1. The Kier molecular flexibility index (Phi) is 5.85. The highest BCUT2D eigenvalue weighted by Gasteiger charge is 2.39. The van der Waals surface area contributed by atoms with Crippen LogP contribution in [0.3, 0.4) is 0 Å². The van der Waals surface area contributed by atoms with Gasteiger partial charge in [-0.2, -0.15) is 0 Å². The van der Waals surface area contributed by atoms with Gasteiger partial charge >= 0.3 is 0 Å². The lowest BCUT2D eigenvalue weighted by Gasteiger charge is -2.16. The number of hydrogen-bond donors (Lipinski definition) is 1. The average molecular weight is 282 g/mol. The van der Waals surface area contributed by atoms with Gasteiger partial charge in [0.25, 0.3) is 0 Å². The molecule has 1 aliphatic rings. The molecule has 1 fully saturated rings. The summed E-state index contributed by atoms with van der Waals surface area (Å²) < 4.78 is 0. The zero-order valence-electron chi connectivity index (χ0n) is 12.3. The maximum atomic E-state index is 12.0. The Labute approximate surface area is 118 Å². The summed E-state index contributed by atoms with van der Waals surface area (Å²) in [6.07, 6.45) is 0.899. The predicted molar refractivity (Wildman–Crippen MR) is 72.6 cm³/mol. The van der Waals surface area contributed by atoms with Crippen molar-refractivity contribution in [1.29, 1.82) is 0 Å². The third-order valence-electron chi connectivity index (χ3n) is 3.40. The molecule has 20 heavy (non-hydrogen) atoms. The third-order valence-corrected chi connectivity index (χ3v) is 3.40. The van der Waals surface area contributed by atoms with Gasteiger partial charge < -0.3 is 5.32 Å². The number of likely N-dealkylation sites (tertiary alicyclic amines) is 1. The van der Waals surface area contributed by atoms with Crippen LogP contribution >= 0.6 is 0 Å². The van der Waals surface area contributed by atoms with Gasteiger partial charge in [-0.1, -0.05) is 13.8 Å². The van der Waals surface area contributed by atoms with Crippen LogP contribution in [0.1, 0.15) is 40.0 Å². The number of ketones is 1. The Morgan fingerprint density at radius 1 is 1.35 bits per heavy atom. The van der Waals surface area contributed by atoms with Gasteiger partial charge in [0.1, 0.15) is 5.78 Å². The Balaban J connectivity index is 2.35. The van der Waals surface area contributed by atoms with Crippen LogP contribution in [0.25, 0.3) is 0 Å². The van der Waals surface area contributed by atoms with Crippen LogP contribution in [0.15, 0.2) is 0 Å². The summed E-state index contributed by atoms with van der Waals surface area (Å²) in [5, 5.41) is 2.48. The fourth-order valence-electron chi connectivity index (χ4n) is 2.17. The van der Waals surface area contributed by atoms with Crippen molar-refractivity contribution in [1.82, 2.24) is 10.2 Å². The van der Waals surface area contributed by atoms with E-state index in [0.717, 1.165) is 0 Å². The molecule has 0 aromatic rings. The lowest BCUT2D eigenvalue weighted by Crippen LogP contribution is -2.34. The fourth-order valence-corrected chi connectivity index (χ4v) is 2.17. The average Bonchev–Trinajstić information content (AvgIpc) is 2.64. The van der Waals surface area contributed by atoms with Crippen molar-refractivity contribution in [3.05, 3.63) is 0 Å². The summed E-state index contributed by atoms with van der Waals surface area (Å²) in [7, 11) is 0. The van der Waals surface area contributed by atoms with E-state index in [1.165, 1.54) is 11.8 Å². The van der Waals surface area contributed by atoms with E-state index in [2.05, 4.69) is 5.32 Å². The summed E-state index contributed by atoms with van der Waals surface area (Å²) >= 11 is 0. The molecule has 0 aliphatic carbocycles. The van der Waals surface area contributed by atoms with Crippen molar-refractivity contribution < 1.29 is 19.2 Å². The second-order valence-corrected chi connectivity index (χ2v) is 5.52. The van der Waals surface area contributed by atoms with E-state index in [1.807, 2.05) is 13.8 Å². The summed E-state index contributed by atoms with van der Waals surface area (Å²) in [6.45, 7) is 5.54. The molecule has 1 rings (SSSR count). The molecule has 6 nitrogen and oxygen atoms in total. The van der Waals surface area contributed by atoms with Crippen LogP contribution in [0.2, 0.25) is 0 Å². The molecule has 1 heterocycles. The Bertz CT molecular complexity index is 417. The van der Waals surface area contributed by atoms with E-state index >= 15 is 0 Å². The number of hydrogen-bond acceptors (Lipinski definition) is 4. The summed E-state index contributed by atoms with van der Waals surface area (Å²) in [6, 6.07) is 0. The zero-order valence-corrected chi connectivity index (χ0v) is 12.3. The standard InChI is InChI=1S/C14H22N2O4/c1-9(2)11-7-13(19)16(14(11)20)6-4-5-12(18)15-8-10(3)17/h9,11H,4-8H2,1-3H3,(H,15,18). The molecule has 0 aromatic heterocycles. The Morgan fingerprint density at radius 3 is 2.50 bits per heavy atom. The fraction of sp³-hybridized carbons (Fsp3) is 0.714. The molecule has 0 bridgehead atoms. The first-order valence-corrected chi connectivity index (χ1v) is 6.93. The van der Waals surface area contributed by atoms with E-state index in [0.29, 0.717) is 6.42 Å². The second kappa shape index (κ2) is 7.17. The van der Waals surface area contributed by atoms with Crippen LogP contribution in [0.4, 0.5) is 0 Å². The number of amides is 3. The molecular formula is C14H22N2O4. The molecule has 0 spiro atoms. The maximum absolute atomic E-state index is 12.0. The van der Waals surface area contributed by atoms with Crippen LogP contribution in [0.5, 0.6) is 0 Å². The number of rotatable bonds is 7. The summed E-state index contributed by atoms with van der Waals surface area (Å²) in [4.78, 5) is 47.1. The van der Waals surface area contributed by atoms with E-state index in [4.69, 9.17) is 0 Å². The Morgan fingerprint density at radius 2 is 2.00 bits per heavy atom. The lowest BCUT2D eigenvalue weighted by molar-refractivity contribution is -0.140. The first kappa shape index (κ1) is 16.3. The number of carbonyl (C=O) groups is 4. The van der Waals surface area contributed by atoms with Crippen molar-refractivity contribution in [3.63, 3.8) is 0 Å². The highest BCUT2D eigenvalue weighted by Crippen LogP contribution is 2.26. The first-order valence-electron chi connectivity index (χ1n) is 6.93. The zero-order chi connectivity index (χ0) is 15.3. The molecule has 1 unspecified atom stereocenters. The van der Waals surface area contributed by atoms with Gasteiger partial charge in [-0.15, -0.1) is 0 Å². The Hall–Kier alpha value is -1.72. The predicted octanol–water partition coefficient (Wildman–Crippen LogP) is 0.503. The monoisotopic (exact) mass is 282 g/mol. The number of carbonyl (C=O) groups excluding carboxylic acids is 4. The molecule has 1 N–H and O–H groups in total. The first-order chi connectivity index (χ1) is 9.32. The minimum Gasteiger partial charge on any atom is -0.349 e. The van der Waals surface area contributed by atoms with Gasteiger partial charge in [-0.25, -0.2) is 0 Å². The lowest BCUT2D eigenvalue weighted by atomic mass is 9.94. The highest BCUT2D eigenvalue weighted by atomic mass is 16.2. The van der Waals surface area contributed by atoms with Gasteiger partial charge in [-0.3, -0.25) is 24.1 Å². The van der Waals surface area contributed by atoms with Gasteiger partial charge in [0.05, 0.1) is 6.54 Å². The molecule has 0 aromatic carbocycles. The molecule has 0 radical (unpaired) electrons. The van der Waals surface area contributed by atoms with Crippen LogP contribution in [-0.2, 0) is 19.2 Å². The maximum Gasteiger partial charge on any atom is 0.233 e. The van der Waals surface area contributed by atoms with Crippen molar-refractivity contribution in [3.8, 4) is 0 Å². The molecular weight excluding hydrogens is 260 g/mol. The minimum absolute atomic E-state index is 0.0236. The van der Waals surface area contributed by atoms with Crippen molar-refractivity contribution in [2.75, 3.05) is 13.1 Å². The molecule has 112 valence electrons. The van der Waals surface area contributed by atoms with Crippen LogP contribution < -0.4 is 5.32 Å². The number of imide groups is 1. The molecule has 6 heteroatoms. The smallest absolute Gasteiger partial charge is 0.233 e. The normalized spacial score (nSPS) is 18.8. The summed E-state index contributed by atoms with van der Waals surface area (Å²) in [5.41, 5.74) is 0. The molecule has 1 atom stereocenters. The largest absolute Gasteiger partial charge is 0.349 e. The van der Waals surface area contributed by atoms with Crippen molar-refractivity contribution >= 4 is 23.5 Å². The van der Waals surface area contributed by atoms with Crippen LogP contribution in [0, 0.1) is 11.8 Å². The molecule has 0 saturated carbocycles. The van der Waals surface area contributed by atoms with Gasteiger partial charge in [-0.05, 0) is 19.3 Å². The topological polar surface area (TPSA) is 83.6 Å². The highest BCUT2D eigenvalue weighted by molar-refractivity contribution is 6.03. The minimum atomic E-state index is -0.236. The van der Waals surface area contributed by atoms with Crippen molar-refractivity contribution in [2.45, 2.75) is 40.0 Å². The second-order valence-electron chi connectivity index (χ2n) is 5.52. The number of nitrogens with one attached hydrogen (secondary N) is 1. The van der Waals surface area contributed by atoms with E-state index < -0.39 is 0 Å². The van der Waals surface area contributed by atoms with Gasteiger partial charge in [0.15, 0.2) is 0 Å². The third kappa shape index (κ3) is 4.43.